The number of carbonyl (C=O) groups excluding carboxylic acids is 1. The van der Waals surface area contributed by atoms with Gasteiger partial charge < -0.3 is 0 Å². The number of hydrogen-bond donors (Lipinski definition) is 1. The van der Waals surface area contributed by atoms with E-state index >= 15 is 0 Å². The van der Waals surface area contributed by atoms with Gasteiger partial charge in [0, 0.05) is 23.9 Å². The molecule has 26 heavy (non-hydrogen) atoms. The zero-order chi connectivity index (χ0) is 18.1. The highest BCUT2D eigenvalue weighted by Gasteiger charge is 2.15. The molecule has 3 heterocycles. The summed E-state index contributed by atoms with van der Waals surface area (Å²) >= 11 is 1.39. The van der Waals surface area contributed by atoms with Crippen LogP contribution in [-0.4, -0.2) is 20.4 Å². The molecule has 4 rings (SSSR count). The molecule has 134 valence electrons. The minimum absolute atomic E-state index is 0.00518. The van der Waals surface area contributed by atoms with Crippen LogP contribution in [0, 0.1) is 6.92 Å². The van der Waals surface area contributed by atoms with Crippen LogP contribution in [0.1, 0.15) is 47.6 Å². The summed E-state index contributed by atoms with van der Waals surface area (Å²) in [7, 11) is 0. The van der Waals surface area contributed by atoms with Crippen molar-refractivity contribution in [3.05, 3.63) is 51.0 Å². The van der Waals surface area contributed by atoms with Crippen LogP contribution in [0.4, 0.5) is 5.13 Å². The number of nitrogens with zero attached hydrogens (tertiary/aromatic N) is 3. The summed E-state index contributed by atoms with van der Waals surface area (Å²) in [6, 6.07) is 5.09. The molecule has 1 N–H and O–H groups in total. The molecule has 1 amide bonds. The number of carbonyl (C=O) groups is 1. The summed E-state index contributed by atoms with van der Waals surface area (Å²) in [6.07, 6.45) is 5.18. The molecule has 0 radical (unpaired) electrons. The first-order chi connectivity index (χ1) is 12.6. The van der Waals surface area contributed by atoms with E-state index in [1.54, 1.807) is 22.8 Å². The van der Waals surface area contributed by atoms with Crippen LogP contribution in [0.2, 0.25) is 0 Å². The zero-order valence-electron chi connectivity index (χ0n) is 14.6. The predicted octanol–water partition coefficient (Wildman–Crippen LogP) is 3.53. The minimum Gasteiger partial charge on any atom is -0.298 e. The van der Waals surface area contributed by atoms with Gasteiger partial charge in [-0.25, -0.2) is 9.97 Å². The highest BCUT2D eigenvalue weighted by molar-refractivity contribution is 7.13. The summed E-state index contributed by atoms with van der Waals surface area (Å²) in [5.41, 5.74) is 1.93. The molecule has 7 heteroatoms. The number of hydrogen-bond acceptors (Lipinski definition) is 5. The number of anilines is 1. The normalized spacial score (nSPS) is 14.5. The topological polar surface area (TPSA) is 76.9 Å². The molecule has 0 fully saturated rings. The van der Waals surface area contributed by atoms with Crippen molar-refractivity contribution in [2.24, 2.45) is 0 Å². The van der Waals surface area contributed by atoms with Crippen LogP contribution in [0.25, 0.3) is 10.9 Å². The minimum atomic E-state index is -0.241. The van der Waals surface area contributed by atoms with Crippen molar-refractivity contribution in [2.45, 2.75) is 45.6 Å². The Bertz CT molecular complexity index is 1040. The average Bonchev–Trinajstić information content (AvgIpc) is 3.01. The van der Waals surface area contributed by atoms with Crippen molar-refractivity contribution in [2.75, 3.05) is 5.32 Å². The summed E-state index contributed by atoms with van der Waals surface area (Å²) in [6.45, 7) is 2.61. The molecule has 2 aromatic heterocycles. The predicted molar refractivity (Wildman–Crippen MR) is 103 cm³/mol. The molecule has 3 aromatic rings. The largest absolute Gasteiger partial charge is 0.298 e. The third-order valence-electron chi connectivity index (χ3n) is 4.67. The smallest absolute Gasteiger partial charge is 0.261 e. The molecule has 0 unspecified atom stereocenters. The lowest BCUT2D eigenvalue weighted by Crippen LogP contribution is -2.26. The summed E-state index contributed by atoms with van der Waals surface area (Å²) in [4.78, 5) is 34.3. The fraction of sp³-hybridized carbons (Fsp3) is 0.368. The van der Waals surface area contributed by atoms with Gasteiger partial charge >= 0.3 is 0 Å². The van der Waals surface area contributed by atoms with Crippen LogP contribution in [0.5, 0.6) is 0 Å². The van der Waals surface area contributed by atoms with Gasteiger partial charge in [0.15, 0.2) is 5.13 Å². The van der Waals surface area contributed by atoms with Crippen molar-refractivity contribution in [3.8, 4) is 0 Å². The molecule has 1 aliphatic rings. The molecule has 0 spiro atoms. The Morgan fingerprint density at radius 1 is 1.19 bits per heavy atom. The van der Waals surface area contributed by atoms with Crippen molar-refractivity contribution in [1.82, 2.24) is 14.5 Å². The lowest BCUT2D eigenvalue weighted by Gasteiger charge is -2.16. The SMILES string of the molecule is Cc1csc(NC(=O)c2ccc3c(=O)n4c(nc3c2)CCCCCC4)n1. The Kier molecular flexibility index (Phi) is 4.55. The van der Waals surface area contributed by atoms with Gasteiger partial charge in [-0.05, 0) is 38.0 Å². The second-order valence-electron chi connectivity index (χ2n) is 6.63. The van der Waals surface area contributed by atoms with Crippen molar-refractivity contribution < 1.29 is 4.79 Å². The van der Waals surface area contributed by atoms with Crippen LogP contribution >= 0.6 is 11.3 Å². The molecular formula is C19H20N4O2S. The van der Waals surface area contributed by atoms with Crippen LogP contribution in [-0.2, 0) is 13.0 Å². The van der Waals surface area contributed by atoms with Crippen LogP contribution in [0.15, 0.2) is 28.4 Å². The van der Waals surface area contributed by atoms with Crippen molar-refractivity contribution >= 4 is 33.3 Å². The maximum absolute atomic E-state index is 12.8. The quantitative estimate of drug-likeness (QED) is 0.751. The van der Waals surface area contributed by atoms with E-state index in [1.807, 2.05) is 12.3 Å². The molecule has 6 nitrogen and oxygen atoms in total. The summed E-state index contributed by atoms with van der Waals surface area (Å²) < 4.78 is 1.81. The van der Waals surface area contributed by atoms with E-state index < -0.39 is 0 Å². The second kappa shape index (κ2) is 6.99. The zero-order valence-corrected chi connectivity index (χ0v) is 15.4. The van der Waals surface area contributed by atoms with Crippen molar-refractivity contribution in [3.63, 3.8) is 0 Å². The summed E-state index contributed by atoms with van der Waals surface area (Å²) in [5, 5.41) is 5.82. The molecule has 0 saturated carbocycles. The third kappa shape index (κ3) is 3.26. The number of aryl methyl sites for hydroxylation is 2. The highest BCUT2D eigenvalue weighted by atomic mass is 32.1. The molecular weight excluding hydrogens is 348 g/mol. The number of benzene rings is 1. The van der Waals surface area contributed by atoms with E-state index in [9.17, 15) is 9.59 Å². The number of fused-ring (bicyclic) bond motifs is 2. The number of nitrogens with one attached hydrogen (secondary N) is 1. The molecule has 0 aliphatic carbocycles. The first-order valence-corrected chi connectivity index (χ1v) is 9.77. The Balaban J connectivity index is 1.71. The Hall–Kier alpha value is -2.54. The lowest BCUT2D eigenvalue weighted by molar-refractivity contribution is 0.102. The monoisotopic (exact) mass is 368 g/mol. The molecule has 1 aliphatic heterocycles. The average molecular weight is 368 g/mol. The molecule has 0 atom stereocenters. The number of aromatic nitrogens is 3. The van der Waals surface area contributed by atoms with E-state index in [2.05, 4.69) is 10.3 Å². The van der Waals surface area contributed by atoms with Gasteiger partial charge in [0.1, 0.15) is 5.82 Å². The van der Waals surface area contributed by atoms with Gasteiger partial charge in [-0.15, -0.1) is 11.3 Å². The maximum Gasteiger partial charge on any atom is 0.261 e. The third-order valence-corrected chi connectivity index (χ3v) is 5.54. The van der Waals surface area contributed by atoms with E-state index in [4.69, 9.17) is 4.98 Å². The van der Waals surface area contributed by atoms with Gasteiger partial charge in [-0.2, -0.15) is 0 Å². The Labute approximate surface area is 154 Å². The van der Waals surface area contributed by atoms with E-state index in [0.29, 0.717) is 21.6 Å². The van der Waals surface area contributed by atoms with Gasteiger partial charge in [0.25, 0.3) is 11.5 Å². The Morgan fingerprint density at radius 3 is 2.85 bits per heavy atom. The molecule has 0 bridgehead atoms. The lowest BCUT2D eigenvalue weighted by atomic mass is 10.1. The Morgan fingerprint density at radius 2 is 2.04 bits per heavy atom. The van der Waals surface area contributed by atoms with E-state index in [1.165, 1.54) is 17.8 Å². The van der Waals surface area contributed by atoms with Gasteiger partial charge in [0.2, 0.25) is 0 Å². The number of amides is 1. The highest BCUT2D eigenvalue weighted by Crippen LogP contribution is 2.19. The number of rotatable bonds is 2. The van der Waals surface area contributed by atoms with Crippen LogP contribution in [0.3, 0.4) is 0 Å². The first-order valence-electron chi connectivity index (χ1n) is 8.89. The van der Waals surface area contributed by atoms with Crippen molar-refractivity contribution in [1.29, 1.82) is 0 Å². The maximum atomic E-state index is 12.8. The standard InChI is InChI=1S/C19H20N4O2S/c1-12-11-26-19(20-12)22-17(24)13-7-8-14-15(10-13)21-16-6-4-2-3-5-9-23(16)18(14)25/h7-8,10-11H,2-6,9H2,1H3,(H,20,22,24). The fourth-order valence-electron chi connectivity index (χ4n) is 3.32. The van der Waals surface area contributed by atoms with Crippen LogP contribution < -0.4 is 10.9 Å². The van der Waals surface area contributed by atoms with E-state index in [-0.39, 0.29) is 11.5 Å². The molecule has 0 saturated heterocycles. The summed E-state index contributed by atoms with van der Waals surface area (Å²) in [5.74, 6) is 0.588. The number of thiazole rings is 1. The fourth-order valence-corrected chi connectivity index (χ4v) is 4.00. The molecule has 1 aromatic carbocycles. The van der Waals surface area contributed by atoms with Gasteiger partial charge in [-0.1, -0.05) is 12.8 Å². The second-order valence-corrected chi connectivity index (χ2v) is 7.49. The first kappa shape index (κ1) is 16.9. The van der Waals surface area contributed by atoms with Gasteiger partial charge in [-0.3, -0.25) is 19.5 Å². The van der Waals surface area contributed by atoms with Gasteiger partial charge in [0.05, 0.1) is 16.6 Å². The van der Waals surface area contributed by atoms with E-state index in [0.717, 1.165) is 43.7 Å².